The number of allylic oxidation sites excluding steroid dienone is 2. The van der Waals surface area contributed by atoms with Crippen molar-refractivity contribution in [3.63, 3.8) is 0 Å². The molecule has 0 saturated carbocycles. The van der Waals surface area contributed by atoms with E-state index in [2.05, 4.69) is 44.1 Å². The van der Waals surface area contributed by atoms with Crippen molar-refractivity contribution in [3.8, 4) is 0 Å². The van der Waals surface area contributed by atoms with E-state index in [1.54, 1.807) is 0 Å². The molecular formula is C9H15N. The molecule has 0 spiro atoms. The molecule has 56 valence electrons. The van der Waals surface area contributed by atoms with E-state index in [4.69, 9.17) is 0 Å². The molecule has 0 amide bonds. The van der Waals surface area contributed by atoms with Gasteiger partial charge in [-0.1, -0.05) is 23.8 Å². The van der Waals surface area contributed by atoms with Crippen LogP contribution in [0.2, 0.25) is 0 Å². The molecule has 0 bridgehead atoms. The van der Waals surface area contributed by atoms with Gasteiger partial charge in [-0.25, -0.2) is 0 Å². The maximum absolute atomic E-state index is 2.28. The molecule has 0 aromatic carbocycles. The molecule has 1 rings (SSSR count). The van der Waals surface area contributed by atoms with Gasteiger partial charge in [0.15, 0.2) is 0 Å². The molecule has 1 aliphatic carbocycles. The highest BCUT2D eigenvalue weighted by Gasteiger charge is 2.07. The average Bonchev–Trinajstić information content (AvgIpc) is 1.88. The maximum atomic E-state index is 2.28. The van der Waals surface area contributed by atoms with Crippen molar-refractivity contribution in [1.29, 1.82) is 0 Å². The Balaban J connectivity index is 2.52. The second-order valence-corrected chi connectivity index (χ2v) is 3.07. The molecule has 10 heavy (non-hydrogen) atoms. The number of likely N-dealkylation sites (N-methyl/N-ethyl adjacent to an activating group) is 1. The fraction of sp³-hybridized carbons (Fsp3) is 0.556. The zero-order valence-corrected chi connectivity index (χ0v) is 6.96. The van der Waals surface area contributed by atoms with Crippen molar-refractivity contribution in [2.24, 2.45) is 0 Å². The summed E-state index contributed by atoms with van der Waals surface area (Å²) < 4.78 is 0. The van der Waals surface area contributed by atoms with E-state index in [1.807, 2.05) is 0 Å². The molecule has 0 fully saturated rings. The second-order valence-electron chi connectivity index (χ2n) is 3.07. The number of hydrogen-bond donors (Lipinski definition) is 0. The SMILES string of the molecule is CC1=CCC(N(C)C)C=C1. The lowest BCUT2D eigenvalue weighted by atomic mass is 10.0. The lowest BCUT2D eigenvalue weighted by Gasteiger charge is -2.21. The van der Waals surface area contributed by atoms with Crippen LogP contribution in [0.15, 0.2) is 23.8 Å². The Bertz CT molecular complexity index is 166. The van der Waals surface area contributed by atoms with Crippen molar-refractivity contribution in [2.75, 3.05) is 14.1 Å². The Hall–Kier alpha value is -0.560. The van der Waals surface area contributed by atoms with Crippen LogP contribution in [0.1, 0.15) is 13.3 Å². The van der Waals surface area contributed by atoms with Gasteiger partial charge in [0.25, 0.3) is 0 Å². The lowest BCUT2D eigenvalue weighted by Crippen LogP contribution is -2.26. The quantitative estimate of drug-likeness (QED) is 0.533. The van der Waals surface area contributed by atoms with Crippen LogP contribution in [0, 0.1) is 0 Å². The lowest BCUT2D eigenvalue weighted by molar-refractivity contribution is 0.343. The van der Waals surface area contributed by atoms with E-state index < -0.39 is 0 Å². The third-order valence-electron chi connectivity index (χ3n) is 1.93. The van der Waals surface area contributed by atoms with Crippen LogP contribution in [0.4, 0.5) is 0 Å². The predicted octanol–water partition coefficient (Wildman–Crippen LogP) is 1.82. The number of rotatable bonds is 1. The first kappa shape index (κ1) is 7.55. The topological polar surface area (TPSA) is 3.24 Å². The Kier molecular flexibility index (Phi) is 2.28. The zero-order chi connectivity index (χ0) is 7.56. The fourth-order valence-corrected chi connectivity index (χ4v) is 1.10. The van der Waals surface area contributed by atoms with Gasteiger partial charge in [-0.2, -0.15) is 0 Å². The van der Waals surface area contributed by atoms with Crippen LogP contribution in [0.3, 0.4) is 0 Å². The first-order valence-electron chi connectivity index (χ1n) is 3.71. The largest absolute Gasteiger partial charge is 0.303 e. The summed E-state index contributed by atoms with van der Waals surface area (Å²) in [4.78, 5) is 2.24. The second kappa shape index (κ2) is 3.02. The molecule has 1 heteroatoms. The molecule has 0 N–H and O–H groups in total. The van der Waals surface area contributed by atoms with Gasteiger partial charge >= 0.3 is 0 Å². The zero-order valence-electron chi connectivity index (χ0n) is 6.96. The average molecular weight is 137 g/mol. The molecule has 0 radical (unpaired) electrons. The molecule has 1 aliphatic rings. The molecular weight excluding hydrogens is 122 g/mol. The molecule has 0 saturated heterocycles. The highest BCUT2D eigenvalue weighted by Crippen LogP contribution is 2.12. The number of hydrogen-bond acceptors (Lipinski definition) is 1. The first-order valence-corrected chi connectivity index (χ1v) is 3.71. The minimum Gasteiger partial charge on any atom is -0.303 e. The predicted molar refractivity (Wildman–Crippen MR) is 45.0 cm³/mol. The normalized spacial score (nSPS) is 25.2. The summed E-state index contributed by atoms with van der Waals surface area (Å²) >= 11 is 0. The summed E-state index contributed by atoms with van der Waals surface area (Å²) in [5, 5.41) is 0. The minimum atomic E-state index is 0.615. The van der Waals surface area contributed by atoms with E-state index in [9.17, 15) is 0 Å². The summed E-state index contributed by atoms with van der Waals surface area (Å²) in [6, 6.07) is 0.615. The van der Waals surface area contributed by atoms with Crippen LogP contribution in [-0.2, 0) is 0 Å². The Labute approximate surface area is 63.0 Å². The summed E-state index contributed by atoms with van der Waals surface area (Å²) in [6.45, 7) is 2.14. The Morgan fingerprint density at radius 2 is 2.20 bits per heavy atom. The Morgan fingerprint density at radius 3 is 2.60 bits per heavy atom. The molecule has 1 nitrogen and oxygen atoms in total. The van der Waals surface area contributed by atoms with Gasteiger partial charge in [0.1, 0.15) is 0 Å². The smallest absolute Gasteiger partial charge is 0.0309 e. The Morgan fingerprint density at radius 1 is 1.50 bits per heavy atom. The standard InChI is InChI=1S/C9H15N/c1-8-4-6-9(7-5-8)10(2)3/h4-6,9H,7H2,1-3H3. The van der Waals surface area contributed by atoms with Crippen LogP contribution < -0.4 is 0 Å². The molecule has 0 heterocycles. The minimum absolute atomic E-state index is 0.615. The van der Waals surface area contributed by atoms with Crippen LogP contribution in [-0.4, -0.2) is 25.0 Å². The van der Waals surface area contributed by atoms with Crippen molar-refractivity contribution in [3.05, 3.63) is 23.8 Å². The van der Waals surface area contributed by atoms with Crippen molar-refractivity contribution < 1.29 is 0 Å². The fourth-order valence-electron chi connectivity index (χ4n) is 1.10. The van der Waals surface area contributed by atoms with Gasteiger partial charge in [0.2, 0.25) is 0 Å². The van der Waals surface area contributed by atoms with Crippen molar-refractivity contribution >= 4 is 0 Å². The van der Waals surface area contributed by atoms with E-state index in [1.165, 1.54) is 5.57 Å². The van der Waals surface area contributed by atoms with Gasteiger partial charge in [-0.3, -0.25) is 0 Å². The summed E-state index contributed by atoms with van der Waals surface area (Å²) in [5.74, 6) is 0. The van der Waals surface area contributed by atoms with Gasteiger partial charge in [0.05, 0.1) is 0 Å². The molecule has 1 atom stereocenters. The third-order valence-corrected chi connectivity index (χ3v) is 1.93. The molecule has 0 aromatic rings. The maximum Gasteiger partial charge on any atom is 0.0309 e. The van der Waals surface area contributed by atoms with Gasteiger partial charge in [-0.05, 0) is 27.4 Å². The van der Waals surface area contributed by atoms with Gasteiger partial charge in [0, 0.05) is 6.04 Å². The highest BCUT2D eigenvalue weighted by atomic mass is 15.1. The van der Waals surface area contributed by atoms with Crippen molar-refractivity contribution in [2.45, 2.75) is 19.4 Å². The summed E-state index contributed by atoms with van der Waals surface area (Å²) in [5.41, 5.74) is 1.39. The summed E-state index contributed by atoms with van der Waals surface area (Å²) in [7, 11) is 4.23. The van der Waals surface area contributed by atoms with Crippen LogP contribution >= 0.6 is 0 Å². The van der Waals surface area contributed by atoms with E-state index >= 15 is 0 Å². The van der Waals surface area contributed by atoms with E-state index in [-0.39, 0.29) is 0 Å². The molecule has 0 aliphatic heterocycles. The van der Waals surface area contributed by atoms with Gasteiger partial charge in [-0.15, -0.1) is 0 Å². The third kappa shape index (κ3) is 1.71. The van der Waals surface area contributed by atoms with E-state index in [0.29, 0.717) is 6.04 Å². The molecule has 1 unspecified atom stereocenters. The molecule has 0 aromatic heterocycles. The van der Waals surface area contributed by atoms with Crippen molar-refractivity contribution in [1.82, 2.24) is 4.90 Å². The first-order chi connectivity index (χ1) is 4.70. The summed E-state index contributed by atoms with van der Waals surface area (Å²) in [6.07, 6.45) is 7.89. The van der Waals surface area contributed by atoms with Crippen LogP contribution in [0.5, 0.6) is 0 Å². The van der Waals surface area contributed by atoms with Crippen LogP contribution in [0.25, 0.3) is 0 Å². The van der Waals surface area contributed by atoms with E-state index in [0.717, 1.165) is 6.42 Å². The monoisotopic (exact) mass is 137 g/mol. The highest BCUT2D eigenvalue weighted by molar-refractivity contribution is 5.22. The van der Waals surface area contributed by atoms with Gasteiger partial charge < -0.3 is 4.90 Å². The number of nitrogens with zero attached hydrogens (tertiary/aromatic N) is 1.